The average Bonchev–Trinajstić information content (AvgIpc) is 3.42. The maximum atomic E-state index is 12.1. The lowest BCUT2D eigenvalue weighted by Crippen LogP contribution is -2.41. The second-order valence-electron chi connectivity index (χ2n) is 6.77. The predicted octanol–water partition coefficient (Wildman–Crippen LogP) is 2.53. The van der Waals surface area contributed by atoms with Crippen molar-refractivity contribution in [2.75, 3.05) is 31.1 Å². The lowest BCUT2D eigenvalue weighted by molar-refractivity contribution is -0.117. The SMILES string of the molecule is CCNC(=NCc1ccc(N2CCCC2=O)cc1)NCCNS(=O)(=O)c1cccs1.I. The van der Waals surface area contributed by atoms with E-state index in [-0.39, 0.29) is 36.4 Å². The number of nitrogens with one attached hydrogen (secondary N) is 3. The highest BCUT2D eigenvalue weighted by Gasteiger charge is 2.21. The number of guanidine groups is 1. The number of thiophene rings is 1. The van der Waals surface area contributed by atoms with E-state index in [0.717, 1.165) is 24.2 Å². The number of aliphatic imine (C=N–C) groups is 1. The fourth-order valence-electron chi connectivity index (χ4n) is 3.07. The third-order valence-corrected chi connectivity index (χ3v) is 7.41. The number of halogens is 1. The van der Waals surface area contributed by atoms with E-state index in [1.807, 2.05) is 36.1 Å². The minimum atomic E-state index is -3.46. The molecular formula is C20H28IN5O3S2. The molecule has 3 N–H and O–H groups in total. The molecule has 0 unspecified atom stereocenters. The van der Waals surface area contributed by atoms with Crippen LogP contribution in [0.2, 0.25) is 0 Å². The molecule has 1 aromatic carbocycles. The van der Waals surface area contributed by atoms with Crippen LogP contribution >= 0.6 is 35.3 Å². The second kappa shape index (κ2) is 12.4. The monoisotopic (exact) mass is 577 g/mol. The summed E-state index contributed by atoms with van der Waals surface area (Å²) in [5.74, 6) is 0.792. The Hall–Kier alpha value is -1.70. The molecule has 1 aromatic heterocycles. The fourth-order valence-corrected chi connectivity index (χ4v) is 5.14. The van der Waals surface area contributed by atoms with Crippen LogP contribution in [-0.4, -0.2) is 46.5 Å². The lowest BCUT2D eigenvalue weighted by atomic mass is 10.2. The van der Waals surface area contributed by atoms with E-state index in [9.17, 15) is 13.2 Å². The summed E-state index contributed by atoms with van der Waals surface area (Å²) in [5.41, 5.74) is 1.95. The van der Waals surface area contributed by atoms with Gasteiger partial charge in [-0.3, -0.25) is 4.79 Å². The fraction of sp³-hybridized carbons (Fsp3) is 0.400. The molecule has 2 aromatic rings. The van der Waals surface area contributed by atoms with Gasteiger partial charge in [-0.05, 0) is 42.5 Å². The standard InChI is InChI=1S/C20H27N5O3S2.HI/c1-2-21-20(22-11-12-24-30(27,28)19-6-4-14-29-19)23-15-16-7-9-17(10-8-16)25-13-3-5-18(25)26;/h4,6-10,14,24H,2-3,5,11-13,15H2,1H3,(H2,21,22,23);1H. The first kappa shape index (κ1) is 25.6. The van der Waals surface area contributed by atoms with Gasteiger partial charge in [-0.2, -0.15) is 0 Å². The minimum absolute atomic E-state index is 0. The molecule has 1 saturated heterocycles. The van der Waals surface area contributed by atoms with Gasteiger partial charge in [0.15, 0.2) is 5.96 Å². The third-order valence-electron chi connectivity index (χ3n) is 4.55. The van der Waals surface area contributed by atoms with Gasteiger partial charge in [0.2, 0.25) is 15.9 Å². The first-order valence-corrected chi connectivity index (χ1v) is 12.3. The molecule has 1 amide bonds. The molecular weight excluding hydrogens is 549 g/mol. The molecule has 170 valence electrons. The Balaban J connectivity index is 0.00000341. The van der Waals surface area contributed by atoms with Crippen molar-refractivity contribution in [2.24, 2.45) is 4.99 Å². The Kier molecular flexibility index (Phi) is 10.2. The molecule has 31 heavy (non-hydrogen) atoms. The molecule has 0 bridgehead atoms. The molecule has 0 saturated carbocycles. The van der Waals surface area contributed by atoms with E-state index in [1.54, 1.807) is 17.5 Å². The molecule has 1 aliphatic heterocycles. The molecule has 1 aliphatic rings. The molecule has 11 heteroatoms. The van der Waals surface area contributed by atoms with E-state index in [4.69, 9.17) is 0 Å². The number of benzene rings is 1. The molecule has 1 fully saturated rings. The van der Waals surface area contributed by atoms with Crippen molar-refractivity contribution in [1.29, 1.82) is 0 Å². The molecule has 0 atom stereocenters. The number of carbonyl (C=O) groups is 1. The van der Waals surface area contributed by atoms with Gasteiger partial charge in [-0.1, -0.05) is 18.2 Å². The van der Waals surface area contributed by atoms with Gasteiger partial charge in [0.25, 0.3) is 0 Å². The lowest BCUT2D eigenvalue weighted by Gasteiger charge is -2.16. The zero-order chi connectivity index (χ0) is 21.4. The Morgan fingerprint density at radius 1 is 1.16 bits per heavy atom. The highest BCUT2D eigenvalue weighted by atomic mass is 127. The number of sulfonamides is 1. The summed E-state index contributed by atoms with van der Waals surface area (Å²) in [7, 11) is -3.46. The van der Waals surface area contributed by atoms with E-state index < -0.39 is 10.0 Å². The van der Waals surface area contributed by atoms with Crippen LogP contribution in [0.4, 0.5) is 5.69 Å². The summed E-state index contributed by atoms with van der Waals surface area (Å²) in [6.45, 7) is 4.59. The van der Waals surface area contributed by atoms with Crippen LogP contribution in [0.1, 0.15) is 25.3 Å². The van der Waals surface area contributed by atoms with Crippen molar-refractivity contribution >= 4 is 62.9 Å². The summed E-state index contributed by atoms with van der Waals surface area (Å²) in [4.78, 5) is 18.2. The maximum Gasteiger partial charge on any atom is 0.250 e. The van der Waals surface area contributed by atoms with Gasteiger partial charge in [0, 0.05) is 38.3 Å². The van der Waals surface area contributed by atoms with Gasteiger partial charge >= 0.3 is 0 Å². The predicted molar refractivity (Wildman–Crippen MR) is 136 cm³/mol. The van der Waals surface area contributed by atoms with Gasteiger partial charge < -0.3 is 15.5 Å². The van der Waals surface area contributed by atoms with Crippen LogP contribution in [-0.2, 0) is 21.4 Å². The second-order valence-corrected chi connectivity index (χ2v) is 9.71. The average molecular weight is 578 g/mol. The van der Waals surface area contributed by atoms with Crippen LogP contribution in [0.15, 0.2) is 51.0 Å². The van der Waals surface area contributed by atoms with E-state index in [1.165, 1.54) is 11.3 Å². The van der Waals surface area contributed by atoms with E-state index in [2.05, 4.69) is 20.3 Å². The van der Waals surface area contributed by atoms with Crippen LogP contribution in [0.5, 0.6) is 0 Å². The van der Waals surface area contributed by atoms with Crippen molar-refractivity contribution < 1.29 is 13.2 Å². The van der Waals surface area contributed by atoms with Crippen LogP contribution < -0.4 is 20.3 Å². The van der Waals surface area contributed by atoms with Crippen molar-refractivity contribution in [3.63, 3.8) is 0 Å². The smallest absolute Gasteiger partial charge is 0.250 e. The van der Waals surface area contributed by atoms with Crippen LogP contribution in [0.3, 0.4) is 0 Å². The summed E-state index contributed by atoms with van der Waals surface area (Å²) >= 11 is 1.19. The maximum absolute atomic E-state index is 12.1. The number of amides is 1. The van der Waals surface area contributed by atoms with E-state index in [0.29, 0.717) is 36.2 Å². The Morgan fingerprint density at radius 2 is 1.94 bits per heavy atom. The number of hydrogen-bond acceptors (Lipinski definition) is 5. The van der Waals surface area contributed by atoms with Gasteiger partial charge in [0.1, 0.15) is 4.21 Å². The quantitative estimate of drug-likeness (QED) is 0.184. The Morgan fingerprint density at radius 3 is 2.55 bits per heavy atom. The first-order chi connectivity index (χ1) is 14.5. The van der Waals surface area contributed by atoms with Crippen molar-refractivity contribution in [2.45, 2.75) is 30.5 Å². The zero-order valence-corrected chi connectivity index (χ0v) is 21.3. The largest absolute Gasteiger partial charge is 0.357 e. The normalized spacial score (nSPS) is 14.4. The molecule has 0 spiro atoms. The Bertz CT molecular complexity index is 963. The number of carbonyl (C=O) groups excluding carboxylic acids is 1. The van der Waals surface area contributed by atoms with Gasteiger partial charge in [0.05, 0.1) is 6.54 Å². The van der Waals surface area contributed by atoms with Crippen molar-refractivity contribution in [3.05, 3.63) is 47.3 Å². The molecule has 8 nitrogen and oxygen atoms in total. The zero-order valence-electron chi connectivity index (χ0n) is 17.3. The van der Waals surface area contributed by atoms with Crippen molar-refractivity contribution in [1.82, 2.24) is 15.4 Å². The summed E-state index contributed by atoms with van der Waals surface area (Å²) < 4.78 is 27.1. The summed E-state index contributed by atoms with van der Waals surface area (Å²) in [5, 5.41) is 8.02. The highest BCUT2D eigenvalue weighted by molar-refractivity contribution is 14.0. The highest BCUT2D eigenvalue weighted by Crippen LogP contribution is 2.21. The molecule has 2 heterocycles. The Labute approximate surface area is 204 Å². The topological polar surface area (TPSA) is 103 Å². The number of hydrogen-bond donors (Lipinski definition) is 3. The first-order valence-electron chi connectivity index (χ1n) is 9.94. The number of nitrogens with zero attached hydrogens (tertiary/aromatic N) is 2. The molecule has 0 aliphatic carbocycles. The van der Waals surface area contributed by atoms with Crippen LogP contribution in [0.25, 0.3) is 0 Å². The van der Waals surface area contributed by atoms with E-state index >= 15 is 0 Å². The molecule has 3 rings (SSSR count). The van der Waals surface area contributed by atoms with Gasteiger partial charge in [-0.25, -0.2) is 18.1 Å². The van der Waals surface area contributed by atoms with Gasteiger partial charge in [-0.15, -0.1) is 35.3 Å². The summed E-state index contributed by atoms with van der Waals surface area (Å²) in [6.07, 6.45) is 1.53. The molecule has 0 radical (unpaired) electrons. The number of anilines is 1. The van der Waals surface area contributed by atoms with Crippen LogP contribution in [0, 0.1) is 0 Å². The third kappa shape index (κ3) is 7.44. The minimum Gasteiger partial charge on any atom is -0.357 e. The van der Waals surface area contributed by atoms with Crippen molar-refractivity contribution in [3.8, 4) is 0 Å². The summed E-state index contributed by atoms with van der Waals surface area (Å²) in [6, 6.07) is 11.1. The number of rotatable bonds is 9.